The second-order valence-corrected chi connectivity index (χ2v) is 5.06. The molecule has 48 valence electrons. The molecule has 0 bridgehead atoms. The first-order chi connectivity index (χ1) is 3.79. The Morgan fingerprint density at radius 3 is 2.88 bits per heavy atom. The van der Waals surface area contributed by atoms with Crippen molar-refractivity contribution in [3.05, 3.63) is 0 Å². The van der Waals surface area contributed by atoms with Crippen LogP contribution in [-0.2, 0) is 7.45 Å². The van der Waals surface area contributed by atoms with E-state index in [0.717, 1.165) is 13.0 Å². The molecule has 0 aliphatic carbocycles. The van der Waals surface area contributed by atoms with Gasteiger partial charge in [0.2, 0.25) is 0 Å². The molecule has 0 saturated carbocycles. The summed E-state index contributed by atoms with van der Waals surface area (Å²) in [6.45, 7) is 2.80. The molecule has 1 saturated heterocycles. The van der Waals surface area contributed by atoms with Crippen LogP contribution in [0.3, 0.4) is 0 Å². The fourth-order valence-corrected chi connectivity index (χ4v) is 3.05. The average molecular weight is 198 g/mol. The summed E-state index contributed by atoms with van der Waals surface area (Å²) < 4.78 is 10.2. The summed E-state index contributed by atoms with van der Waals surface area (Å²) in [5.74, 6) is 0. The number of rotatable bonds is 0. The van der Waals surface area contributed by atoms with Crippen molar-refractivity contribution >= 4 is 24.3 Å². The molecule has 0 aromatic heterocycles. The Balaban J connectivity index is 2.23. The SMILES string of the molecule is CC1CCO[As](Cl)O1. The molecule has 0 radical (unpaired) electrons. The van der Waals surface area contributed by atoms with E-state index < -0.39 is 14.4 Å². The first-order valence-corrected chi connectivity index (χ1v) is 6.54. The topological polar surface area (TPSA) is 18.5 Å². The summed E-state index contributed by atoms with van der Waals surface area (Å²) in [6.07, 6.45) is 1.30. The van der Waals surface area contributed by atoms with E-state index in [1.807, 2.05) is 6.92 Å². The van der Waals surface area contributed by atoms with Gasteiger partial charge in [-0.1, -0.05) is 0 Å². The van der Waals surface area contributed by atoms with Crippen LogP contribution < -0.4 is 0 Å². The van der Waals surface area contributed by atoms with Gasteiger partial charge in [0.15, 0.2) is 0 Å². The van der Waals surface area contributed by atoms with Crippen molar-refractivity contribution < 1.29 is 7.45 Å². The van der Waals surface area contributed by atoms with E-state index in [1.165, 1.54) is 0 Å². The summed E-state index contributed by atoms with van der Waals surface area (Å²) in [6, 6.07) is 0. The van der Waals surface area contributed by atoms with Crippen molar-refractivity contribution in [1.82, 2.24) is 0 Å². The van der Waals surface area contributed by atoms with Crippen molar-refractivity contribution in [2.75, 3.05) is 6.61 Å². The fourth-order valence-electron chi connectivity index (χ4n) is 0.515. The molecule has 1 aliphatic heterocycles. The minimum atomic E-state index is -1.74. The van der Waals surface area contributed by atoms with Crippen LogP contribution in [0.4, 0.5) is 0 Å². The predicted octanol–water partition coefficient (Wildman–Crippen LogP) is 1.04. The molecule has 8 heavy (non-hydrogen) atoms. The van der Waals surface area contributed by atoms with Crippen LogP contribution in [0.2, 0.25) is 0 Å². The molecule has 4 heteroatoms. The maximum atomic E-state index is 5.61. The van der Waals surface area contributed by atoms with E-state index in [9.17, 15) is 0 Å². The standard InChI is InChI=1S/C4H8AsClO2/c1-4-2-3-7-5(6)8-4/h4H,2-3H2,1H3. The third kappa shape index (κ3) is 1.94. The third-order valence-corrected chi connectivity index (χ3v) is 3.81. The number of hydrogen-bond acceptors (Lipinski definition) is 2. The van der Waals surface area contributed by atoms with Gasteiger partial charge in [0, 0.05) is 0 Å². The van der Waals surface area contributed by atoms with Crippen LogP contribution in [0, 0.1) is 0 Å². The zero-order valence-corrected chi connectivity index (χ0v) is 7.27. The fraction of sp³-hybridized carbons (Fsp3) is 1.00. The molecule has 0 spiro atoms. The Morgan fingerprint density at radius 1 is 1.75 bits per heavy atom. The van der Waals surface area contributed by atoms with Crippen LogP contribution in [0.15, 0.2) is 0 Å². The summed E-state index contributed by atoms with van der Waals surface area (Å²) >= 11 is -1.74. The summed E-state index contributed by atoms with van der Waals surface area (Å²) in [5.41, 5.74) is 0. The molecule has 0 amide bonds. The van der Waals surface area contributed by atoms with Crippen molar-refractivity contribution in [2.24, 2.45) is 0 Å². The van der Waals surface area contributed by atoms with Gasteiger partial charge in [-0.3, -0.25) is 0 Å². The Kier molecular flexibility index (Phi) is 2.64. The molecule has 1 heterocycles. The average Bonchev–Trinajstić information content (AvgIpc) is 1.64. The summed E-state index contributed by atoms with van der Waals surface area (Å²) in [7, 11) is 5.61. The van der Waals surface area contributed by atoms with Crippen LogP contribution in [0.25, 0.3) is 0 Å². The van der Waals surface area contributed by atoms with Crippen molar-refractivity contribution in [3.63, 3.8) is 0 Å². The van der Waals surface area contributed by atoms with Gasteiger partial charge in [-0.25, -0.2) is 0 Å². The van der Waals surface area contributed by atoms with Gasteiger partial charge in [0.1, 0.15) is 0 Å². The Bertz CT molecular complexity index is 72.4. The third-order valence-electron chi connectivity index (χ3n) is 0.980. The van der Waals surface area contributed by atoms with Gasteiger partial charge in [-0.05, 0) is 0 Å². The second kappa shape index (κ2) is 3.07. The monoisotopic (exact) mass is 198 g/mol. The van der Waals surface area contributed by atoms with Gasteiger partial charge in [0.05, 0.1) is 0 Å². The van der Waals surface area contributed by atoms with Crippen molar-refractivity contribution in [3.8, 4) is 0 Å². The van der Waals surface area contributed by atoms with Gasteiger partial charge < -0.3 is 0 Å². The van der Waals surface area contributed by atoms with Crippen LogP contribution in [0.1, 0.15) is 13.3 Å². The number of hydrogen-bond donors (Lipinski definition) is 0. The van der Waals surface area contributed by atoms with E-state index in [1.54, 1.807) is 0 Å². The second-order valence-electron chi connectivity index (χ2n) is 1.75. The molecule has 2 atom stereocenters. The Morgan fingerprint density at radius 2 is 2.50 bits per heavy atom. The van der Waals surface area contributed by atoms with E-state index >= 15 is 0 Å². The quantitative estimate of drug-likeness (QED) is 0.542. The predicted molar refractivity (Wildman–Crippen MR) is 32.7 cm³/mol. The molecule has 2 nitrogen and oxygen atoms in total. The minimum absolute atomic E-state index is 0.321. The van der Waals surface area contributed by atoms with E-state index in [0.29, 0.717) is 6.10 Å². The normalized spacial score (nSPS) is 39.8. The maximum absolute atomic E-state index is 5.61. The van der Waals surface area contributed by atoms with Gasteiger partial charge in [-0.15, -0.1) is 0 Å². The molecular formula is C4H8AsClO2. The Labute approximate surface area is 58.2 Å². The molecule has 0 aromatic rings. The molecular weight excluding hydrogens is 190 g/mol. The molecule has 2 unspecified atom stereocenters. The van der Waals surface area contributed by atoms with Crippen molar-refractivity contribution in [1.29, 1.82) is 0 Å². The van der Waals surface area contributed by atoms with E-state index in [-0.39, 0.29) is 0 Å². The van der Waals surface area contributed by atoms with Crippen LogP contribution in [-0.4, -0.2) is 27.1 Å². The molecule has 0 aromatic carbocycles. The zero-order chi connectivity index (χ0) is 5.98. The van der Waals surface area contributed by atoms with E-state index in [2.05, 4.69) is 0 Å². The number of halogens is 1. The first-order valence-electron chi connectivity index (χ1n) is 2.54. The summed E-state index contributed by atoms with van der Waals surface area (Å²) in [5, 5.41) is 0. The zero-order valence-electron chi connectivity index (χ0n) is 4.63. The Hall–Kier alpha value is 0.768. The molecule has 1 rings (SSSR count). The first kappa shape index (κ1) is 6.88. The molecule has 1 fully saturated rings. The van der Waals surface area contributed by atoms with E-state index in [4.69, 9.17) is 17.4 Å². The van der Waals surface area contributed by atoms with Gasteiger partial charge in [-0.2, -0.15) is 0 Å². The molecule has 1 aliphatic rings. The van der Waals surface area contributed by atoms with Crippen LogP contribution >= 0.6 is 9.95 Å². The molecule has 0 N–H and O–H groups in total. The van der Waals surface area contributed by atoms with Crippen molar-refractivity contribution in [2.45, 2.75) is 19.4 Å². The van der Waals surface area contributed by atoms with Crippen LogP contribution in [0.5, 0.6) is 0 Å². The van der Waals surface area contributed by atoms with Gasteiger partial charge in [0.25, 0.3) is 0 Å². The summed E-state index contributed by atoms with van der Waals surface area (Å²) in [4.78, 5) is 0. The van der Waals surface area contributed by atoms with Gasteiger partial charge >= 0.3 is 57.9 Å².